The van der Waals surface area contributed by atoms with Crippen molar-refractivity contribution in [2.45, 2.75) is 33.2 Å². The van der Waals surface area contributed by atoms with E-state index in [1.54, 1.807) is 17.8 Å². The summed E-state index contributed by atoms with van der Waals surface area (Å²) in [5, 5.41) is 12.9. The largest absolute Gasteiger partial charge is 0.335 e. The Kier molecular flexibility index (Phi) is 4.34. The summed E-state index contributed by atoms with van der Waals surface area (Å²) in [7, 11) is 0. The molecule has 1 unspecified atom stereocenters. The van der Waals surface area contributed by atoms with Gasteiger partial charge in [-0.25, -0.2) is 4.39 Å². The Morgan fingerprint density at radius 3 is 2.85 bits per heavy atom. The van der Waals surface area contributed by atoms with Crippen molar-refractivity contribution in [3.05, 3.63) is 29.6 Å². The van der Waals surface area contributed by atoms with Crippen LogP contribution in [0, 0.1) is 22.6 Å². The van der Waals surface area contributed by atoms with E-state index in [0.717, 1.165) is 17.3 Å². The molecule has 2 rings (SSSR count). The second-order valence-corrected chi connectivity index (χ2v) is 6.97. The van der Waals surface area contributed by atoms with Gasteiger partial charge in [-0.3, -0.25) is 4.99 Å². The summed E-state index contributed by atoms with van der Waals surface area (Å²) in [5.41, 5.74) is 0.877. The molecule has 0 aliphatic carbocycles. The number of aliphatic imine (C=N–C) groups is 1. The number of halogens is 1. The highest BCUT2D eigenvalue weighted by molar-refractivity contribution is 8.14. The molecule has 1 aliphatic heterocycles. The van der Waals surface area contributed by atoms with Gasteiger partial charge in [0.15, 0.2) is 5.17 Å². The number of nitrogens with zero attached hydrogens (tertiary/aromatic N) is 2. The summed E-state index contributed by atoms with van der Waals surface area (Å²) >= 11 is 1.66. The summed E-state index contributed by atoms with van der Waals surface area (Å²) in [4.78, 5) is 4.72. The lowest BCUT2D eigenvalue weighted by Crippen LogP contribution is -2.30. The van der Waals surface area contributed by atoms with Gasteiger partial charge in [0.25, 0.3) is 0 Å². The minimum Gasteiger partial charge on any atom is -0.335 e. The van der Waals surface area contributed by atoms with Crippen LogP contribution in [0.2, 0.25) is 0 Å². The van der Waals surface area contributed by atoms with E-state index in [9.17, 15) is 4.39 Å². The molecule has 1 aromatic rings. The van der Waals surface area contributed by atoms with Crippen molar-refractivity contribution in [1.82, 2.24) is 0 Å². The van der Waals surface area contributed by atoms with Crippen LogP contribution in [0.3, 0.4) is 0 Å². The maximum absolute atomic E-state index is 13.3. The second-order valence-electron chi connectivity index (χ2n) is 5.88. The smallest absolute Gasteiger partial charge is 0.161 e. The van der Waals surface area contributed by atoms with Gasteiger partial charge in [-0.15, -0.1) is 0 Å². The zero-order valence-corrected chi connectivity index (χ0v) is 12.7. The molecule has 20 heavy (non-hydrogen) atoms. The van der Waals surface area contributed by atoms with Crippen LogP contribution in [0.25, 0.3) is 0 Å². The van der Waals surface area contributed by atoms with Crippen LogP contribution in [0.15, 0.2) is 23.2 Å². The highest BCUT2D eigenvalue weighted by atomic mass is 32.2. The van der Waals surface area contributed by atoms with Gasteiger partial charge >= 0.3 is 0 Å². The number of thioether (sulfide) groups is 1. The number of benzene rings is 1. The standard InChI is InChI=1S/C15H18FN3S/c1-15(2,3)13-6-7-20-14(19-13)18-11-4-5-12(16)10(8-11)9-17/h4-5,8,13H,6-7H2,1-3H3,(H,18,19). The molecule has 0 spiro atoms. The molecule has 0 bridgehead atoms. The van der Waals surface area contributed by atoms with Crippen molar-refractivity contribution in [3.63, 3.8) is 0 Å². The maximum Gasteiger partial charge on any atom is 0.161 e. The van der Waals surface area contributed by atoms with Crippen LogP contribution in [0.4, 0.5) is 10.1 Å². The third-order valence-electron chi connectivity index (χ3n) is 3.24. The van der Waals surface area contributed by atoms with Gasteiger partial charge in [-0.2, -0.15) is 5.26 Å². The van der Waals surface area contributed by atoms with Gasteiger partial charge in [-0.1, -0.05) is 32.5 Å². The number of hydrogen-bond donors (Lipinski definition) is 1. The molecule has 1 atom stereocenters. The van der Waals surface area contributed by atoms with Crippen LogP contribution in [0.1, 0.15) is 32.8 Å². The minimum absolute atomic E-state index is 0.0452. The molecule has 0 aromatic heterocycles. The van der Waals surface area contributed by atoms with Gasteiger partial charge in [0.2, 0.25) is 0 Å². The van der Waals surface area contributed by atoms with E-state index in [1.807, 2.05) is 6.07 Å². The first-order chi connectivity index (χ1) is 9.40. The molecule has 1 aliphatic rings. The molecule has 0 amide bonds. The predicted octanol–water partition coefficient (Wildman–Crippen LogP) is 4.02. The SMILES string of the molecule is CC(C)(C)C1CCSC(Nc2ccc(F)c(C#N)c2)=N1. The van der Waals surface area contributed by atoms with Gasteiger partial charge in [0.1, 0.15) is 11.9 Å². The Labute approximate surface area is 123 Å². The van der Waals surface area contributed by atoms with Gasteiger partial charge in [-0.05, 0) is 30.0 Å². The quantitative estimate of drug-likeness (QED) is 0.850. The van der Waals surface area contributed by atoms with Crippen molar-refractivity contribution in [2.24, 2.45) is 10.4 Å². The third kappa shape index (κ3) is 3.51. The van der Waals surface area contributed by atoms with Crippen LogP contribution in [-0.4, -0.2) is 17.0 Å². The number of nitriles is 1. The normalized spacial score (nSPS) is 19.1. The Morgan fingerprint density at radius 2 is 2.20 bits per heavy atom. The van der Waals surface area contributed by atoms with Crippen molar-refractivity contribution >= 4 is 22.6 Å². The van der Waals surface area contributed by atoms with Crippen molar-refractivity contribution in [3.8, 4) is 6.07 Å². The highest BCUT2D eigenvalue weighted by Crippen LogP contribution is 2.31. The molecule has 1 N–H and O–H groups in total. The van der Waals surface area contributed by atoms with Crippen molar-refractivity contribution in [2.75, 3.05) is 11.1 Å². The van der Waals surface area contributed by atoms with Crippen LogP contribution >= 0.6 is 11.8 Å². The molecule has 1 aromatic carbocycles. The average molecular weight is 291 g/mol. The lowest BCUT2D eigenvalue weighted by atomic mass is 9.85. The number of nitrogens with one attached hydrogen (secondary N) is 1. The van der Waals surface area contributed by atoms with Gasteiger partial charge in [0.05, 0.1) is 11.6 Å². The molecular weight excluding hydrogens is 273 g/mol. The summed E-state index contributed by atoms with van der Waals surface area (Å²) in [6.07, 6.45) is 1.06. The number of anilines is 1. The van der Waals surface area contributed by atoms with E-state index < -0.39 is 5.82 Å². The molecule has 0 radical (unpaired) electrons. The van der Waals surface area contributed by atoms with Crippen molar-refractivity contribution in [1.29, 1.82) is 5.26 Å². The second kappa shape index (κ2) is 5.84. The first-order valence-electron chi connectivity index (χ1n) is 6.57. The van der Waals surface area contributed by atoms with Crippen LogP contribution in [-0.2, 0) is 0 Å². The Morgan fingerprint density at radius 1 is 1.45 bits per heavy atom. The molecule has 3 nitrogen and oxygen atoms in total. The topological polar surface area (TPSA) is 48.2 Å². The zero-order valence-electron chi connectivity index (χ0n) is 11.9. The minimum atomic E-state index is -0.496. The number of rotatable bonds is 1. The van der Waals surface area contributed by atoms with Crippen LogP contribution in [0.5, 0.6) is 0 Å². The Bertz CT molecular complexity index is 569. The Hall–Kier alpha value is -1.54. The summed E-state index contributed by atoms with van der Waals surface area (Å²) in [5.74, 6) is 0.518. The fourth-order valence-corrected chi connectivity index (χ4v) is 2.94. The first-order valence-corrected chi connectivity index (χ1v) is 7.56. The monoisotopic (exact) mass is 291 g/mol. The fourth-order valence-electron chi connectivity index (χ4n) is 2.02. The lowest BCUT2D eigenvalue weighted by molar-refractivity contribution is 0.316. The van der Waals surface area contributed by atoms with Crippen molar-refractivity contribution < 1.29 is 4.39 Å². The molecule has 0 fully saturated rings. The molecular formula is C15H18FN3S. The third-order valence-corrected chi connectivity index (χ3v) is 4.16. The first kappa shape index (κ1) is 14.9. The average Bonchev–Trinajstić information content (AvgIpc) is 2.40. The van der Waals surface area contributed by atoms with E-state index in [1.165, 1.54) is 12.1 Å². The van der Waals surface area contributed by atoms with Gasteiger partial charge < -0.3 is 5.32 Å². The summed E-state index contributed by atoms with van der Waals surface area (Å²) < 4.78 is 13.3. The number of amidine groups is 1. The highest BCUT2D eigenvalue weighted by Gasteiger charge is 2.27. The van der Waals surface area contributed by atoms with Gasteiger partial charge in [0, 0.05) is 11.4 Å². The van der Waals surface area contributed by atoms with E-state index in [0.29, 0.717) is 5.69 Å². The maximum atomic E-state index is 13.3. The Balaban J connectivity index is 2.18. The molecule has 106 valence electrons. The molecule has 0 saturated carbocycles. The molecule has 0 saturated heterocycles. The molecule has 1 heterocycles. The fraction of sp³-hybridized carbons (Fsp3) is 0.467. The van der Waals surface area contributed by atoms with Crippen LogP contribution < -0.4 is 5.32 Å². The molecule has 5 heteroatoms. The summed E-state index contributed by atoms with van der Waals surface area (Å²) in [6.45, 7) is 6.54. The summed E-state index contributed by atoms with van der Waals surface area (Å²) in [6, 6.07) is 6.56. The van der Waals surface area contributed by atoms with E-state index in [-0.39, 0.29) is 17.0 Å². The van der Waals surface area contributed by atoms with E-state index in [2.05, 4.69) is 26.1 Å². The lowest BCUT2D eigenvalue weighted by Gasteiger charge is -2.31. The zero-order chi connectivity index (χ0) is 14.8. The predicted molar refractivity (Wildman–Crippen MR) is 82.5 cm³/mol. The van der Waals surface area contributed by atoms with E-state index in [4.69, 9.17) is 10.3 Å². The van der Waals surface area contributed by atoms with E-state index >= 15 is 0 Å². The number of hydrogen-bond acceptors (Lipinski definition) is 4.